The van der Waals surface area contributed by atoms with Gasteiger partial charge in [0.1, 0.15) is 23.2 Å². The van der Waals surface area contributed by atoms with Crippen LogP contribution in [0.25, 0.3) is 22.4 Å². The quantitative estimate of drug-likeness (QED) is 0.263. The topological polar surface area (TPSA) is 140 Å². The Bertz CT molecular complexity index is 1560. The number of hydrogen-bond acceptors (Lipinski definition) is 7. The summed E-state index contributed by atoms with van der Waals surface area (Å²) in [5.41, 5.74) is 1.90. The Morgan fingerprint density at radius 2 is 1.95 bits per heavy atom. The number of nitrogens with zero attached hydrogens (tertiary/aromatic N) is 2. The third-order valence-electron chi connectivity index (χ3n) is 6.16. The van der Waals surface area contributed by atoms with Crippen LogP contribution < -0.4 is 16.0 Å². The van der Waals surface area contributed by atoms with Gasteiger partial charge in [-0.1, -0.05) is 12.1 Å². The predicted octanol–water partition coefficient (Wildman–Crippen LogP) is 5.09. The average molecular weight is 548 g/mol. The highest BCUT2D eigenvalue weighted by Crippen LogP contribution is 2.36. The Morgan fingerprint density at radius 3 is 2.64 bits per heavy atom. The van der Waals surface area contributed by atoms with Gasteiger partial charge in [0.2, 0.25) is 5.91 Å². The van der Waals surface area contributed by atoms with Gasteiger partial charge >= 0.3 is 0 Å². The molecule has 1 saturated heterocycles. The van der Waals surface area contributed by atoms with Crippen molar-refractivity contribution in [2.24, 2.45) is 0 Å². The highest BCUT2D eigenvalue weighted by atomic mass is 35.5. The first-order chi connectivity index (χ1) is 18.4. The van der Waals surface area contributed by atoms with E-state index in [1.165, 1.54) is 24.5 Å². The number of phenols is 1. The molecule has 0 saturated carbocycles. The molecule has 0 bridgehead atoms. The molecule has 1 atom stereocenters. The number of furan rings is 1. The van der Waals surface area contributed by atoms with E-state index in [1.54, 1.807) is 36.4 Å². The van der Waals surface area contributed by atoms with Crippen LogP contribution in [0.3, 0.4) is 0 Å². The summed E-state index contributed by atoms with van der Waals surface area (Å²) in [4.78, 5) is 29.8. The third kappa shape index (κ3) is 5.90. The number of hydrogen-bond donors (Lipinski definition) is 4. The Kier molecular flexibility index (Phi) is 8.24. The van der Waals surface area contributed by atoms with Gasteiger partial charge in [-0.2, -0.15) is 5.26 Å². The summed E-state index contributed by atoms with van der Waals surface area (Å²) >= 11 is 0. The molecule has 5 rings (SSSR count). The fraction of sp³-hybridized carbons (Fsp3) is 0.143. The highest BCUT2D eigenvalue weighted by Gasteiger charge is 2.23. The van der Waals surface area contributed by atoms with Gasteiger partial charge in [-0.15, -0.1) is 12.4 Å². The van der Waals surface area contributed by atoms with E-state index in [2.05, 4.69) is 27.0 Å². The molecule has 2 aromatic carbocycles. The molecular weight excluding hydrogens is 525 g/mol. The van der Waals surface area contributed by atoms with Gasteiger partial charge in [-0.05, 0) is 67.4 Å². The van der Waals surface area contributed by atoms with Crippen LogP contribution in [0.15, 0.2) is 71.3 Å². The number of nitrogens with one attached hydrogen (secondary N) is 3. The molecule has 1 fully saturated rings. The van der Waals surface area contributed by atoms with Crippen LogP contribution in [-0.2, 0) is 4.79 Å². The van der Waals surface area contributed by atoms with E-state index < -0.39 is 11.7 Å². The summed E-state index contributed by atoms with van der Waals surface area (Å²) in [5.74, 6) is -1.84. The molecular formula is C28H23ClFN5O4. The lowest BCUT2D eigenvalue weighted by molar-refractivity contribution is -0.117. The number of aromatic nitrogens is 1. The van der Waals surface area contributed by atoms with E-state index >= 15 is 0 Å². The van der Waals surface area contributed by atoms with Gasteiger partial charge in [0.25, 0.3) is 5.91 Å². The number of phenolic OH excluding ortho intramolecular Hbond substituents is 1. The van der Waals surface area contributed by atoms with Gasteiger partial charge in [0.05, 0.1) is 18.0 Å². The van der Waals surface area contributed by atoms with Gasteiger partial charge in [-0.25, -0.2) is 9.37 Å². The van der Waals surface area contributed by atoms with Gasteiger partial charge in [0.15, 0.2) is 11.6 Å². The van der Waals surface area contributed by atoms with Crippen molar-refractivity contribution in [2.45, 2.75) is 18.9 Å². The van der Waals surface area contributed by atoms with Crippen LogP contribution in [0, 0.1) is 17.1 Å². The molecule has 2 aromatic heterocycles. The molecule has 0 spiro atoms. The normalized spacial score (nSPS) is 14.2. The third-order valence-corrected chi connectivity index (χ3v) is 6.16. The van der Waals surface area contributed by atoms with E-state index in [-0.39, 0.29) is 58.5 Å². The Balaban J connectivity index is 0.00000353. The number of carbonyl (C=O) groups is 2. The summed E-state index contributed by atoms with van der Waals surface area (Å²) < 4.78 is 18.8. The number of amides is 2. The van der Waals surface area contributed by atoms with E-state index in [1.807, 2.05) is 0 Å². The van der Waals surface area contributed by atoms with Crippen molar-refractivity contribution in [1.82, 2.24) is 10.3 Å². The zero-order valence-corrected chi connectivity index (χ0v) is 21.2. The van der Waals surface area contributed by atoms with Crippen molar-refractivity contribution in [2.75, 3.05) is 17.2 Å². The highest BCUT2D eigenvalue weighted by molar-refractivity contribution is 6.03. The number of halogens is 2. The molecule has 1 aliphatic rings. The first kappa shape index (κ1) is 27.3. The second kappa shape index (κ2) is 11.8. The Morgan fingerprint density at radius 1 is 1.10 bits per heavy atom. The molecule has 0 aliphatic carbocycles. The molecule has 2 amide bonds. The molecule has 1 aliphatic heterocycles. The molecule has 4 aromatic rings. The van der Waals surface area contributed by atoms with Crippen LogP contribution in [0.2, 0.25) is 0 Å². The van der Waals surface area contributed by atoms with E-state index in [0.29, 0.717) is 16.8 Å². The fourth-order valence-electron chi connectivity index (χ4n) is 4.31. The number of rotatable bonds is 6. The molecule has 0 unspecified atom stereocenters. The van der Waals surface area contributed by atoms with Crippen molar-refractivity contribution in [3.05, 3.63) is 84.1 Å². The minimum Gasteiger partial charge on any atom is -0.507 e. The largest absolute Gasteiger partial charge is 0.507 e. The first-order valence-corrected chi connectivity index (χ1v) is 11.9. The number of benzene rings is 2. The summed E-state index contributed by atoms with van der Waals surface area (Å²) in [5, 5.41) is 29.1. The molecule has 0 radical (unpaired) electrons. The van der Waals surface area contributed by atoms with Crippen LogP contribution in [0.5, 0.6) is 5.75 Å². The summed E-state index contributed by atoms with van der Waals surface area (Å²) in [6.45, 7) is 0.784. The Hall–Kier alpha value is -4.72. The lowest BCUT2D eigenvalue weighted by Crippen LogP contribution is -2.35. The summed E-state index contributed by atoms with van der Waals surface area (Å²) in [7, 11) is 0. The first-order valence-electron chi connectivity index (χ1n) is 11.9. The second-order valence-corrected chi connectivity index (χ2v) is 8.70. The van der Waals surface area contributed by atoms with E-state index in [0.717, 1.165) is 25.5 Å². The monoisotopic (exact) mass is 547 g/mol. The van der Waals surface area contributed by atoms with Crippen LogP contribution in [0.1, 0.15) is 29.0 Å². The lowest BCUT2D eigenvalue weighted by Gasteiger charge is -2.15. The molecule has 198 valence electrons. The zero-order valence-electron chi connectivity index (χ0n) is 20.4. The smallest absolute Gasteiger partial charge is 0.292 e. The summed E-state index contributed by atoms with van der Waals surface area (Å²) in [6, 6.07) is 16.8. The maximum absolute atomic E-state index is 13.7. The molecule has 9 nitrogen and oxygen atoms in total. The van der Waals surface area contributed by atoms with Crippen LogP contribution in [-0.4, -0.2) is 34.5 Å². The standard InChI is InChI=1S/C28H22FN5O4.ClH/c29-17-8-9-19(24(35)13-17)23-14-20(21(15-30)26(33-23)34-28(37)25-7-3-11-38-25)16-4-1-5-18(12-16)32-27(36)22-6-2-10-31-22;/h1,3-5,7-9,11-14,22,31,35H,2,6,10H2,(H,32,36)(H,33,34,37);1H/t22-;/m1./s1. The molecule has 4 N–H and O–H groups in total. The minimum absolute atomic E-state index is 0. The zero-order chi connectivity index (χ0) is 26.6. The minimum atomic E-state index is -0.633. The van der Waals surface area contributed by atoms with Crippen molar-refractivity contribution in [3.8, 4) is 34.2 Å². The lowest BCUT2D eigenvalue weighted by atomic mass is 9.97. The predicted molar refractivity (Wildman–Crippen MR) is 145 cm³/mol. The fourth-order valence-corrected chi connectivity index (χ4v) is 4.31. The van der Waals surface area contributed by atoms with Crippen molar-refractivity contribution < 1.29 is 23.5 Å². The maximum Gasteiger partial charge on any atom is 0.292 e. The van der Waals surface area contributed by atoms with E-state index in [4.69, 9.17) is 4.42 Å². The van der Waals surface area contributed by atoms with Gasteiger partial charge < -0.3 is 25.5 Å². The average Bonchev–Trinajstić information content (AvgIpc) is 3.64. The van der Waals surface area contributed by atoms with Crippen LogP contribution in [0.4, 0.5) is 15.9 Å². The van der Waals surface area contributed by atoms with Crippen molar-refractivity contribution in [1.29, 1.82) is 5.26 Å². The maximum atomic E-state index is 13.7. The molecule has 11 heteroatoms. The molecule has 3 heterocycles. The van der Waals surface area contributed by atoms with Crippen molar-refractivity contribution in [3.63, 3.8) is 0 Å². The number of aromatic hydroxyl groups is 1. The van der Waals surface area contributed by atoms with Crippen molar-refractivity contribution >= 4 is 35.7 Å². The summed E-state index contributed by atoms with van der Waals surface area (Å²) in [6.07, 6.45) is 3.01. The number of carbonyl (C=O) groups excluding carboxylic acids is 2. The number of pyridine rings is 1. The Labute approximate surface area is 229 Å². The van der Waals surface area contributed by atoms with E-state index in [9.17, 15) is 24.3 Å². The van der Waals surface area contributed by atoms with Gasteiger partial charge in [-0.3, -0.25) is 9.59 Å². The van der Waals surface area contributed by atoms with Gasteiger partial charge in [0, 0.05) is 22.9 Å². The molecule has 39 heavy (non-hydrogen) atoms. The number of nitriles is 1. The SMILES string of the molecule is Cl.N#Cc1c(-c2cccc(NC(=O)[C@H]3CCCN3)c2)cc(-c2ccc(F)cc2O)nc1NC(=O)c1ccco1. The second-order valence-electron chi connectivity index (χ2n) is 8.70. The number of anilines is 2. The van der Waals surface area contributed by atoms with Crippen LogP contribution >= 0.6 is 12.4 Å².